The summed E-state index contributed by atoms with van der Waals surface area (Å²) >= 11 is 1.58. The van der Waals surface area contributed by atoms with Crippen molar-refractivity contribution < 1.29 is 14.3 Å². The van der Waals surface area contributed by atoms with Crippen LogP contribution >= 0.6 is 11.3 Å². The van der Waals surface area contributed by atoms with Crippen molar-refractivity contribution in [3.63, 3.8) is 0 Å². The number of aryl methyl sites for hydroxylation is 2. The summed E-state index contributed by atoms with van der Waals surface area (Å²) in [6, 6.07) is 9.30. The summed E-state index contributed by atoms with van der Waals surface area (Å²) in [7, 11) is 1.59. The van der Waals surface area contributed by atoms with Gasteiger partial charge in [-0.1, -0.05) is 30.3 Å². The number of hydrogen-bond acceptors (Lipinski definition) is 5. The molecule has 2 aromatic rings. The normalized spacial score (nSPS) is 17.7. The van der Waals surface area contributed by atoms with Crippen LogP contribution in [0.2, 0.25) is 0 Å². The molecule has 1 aliphatic rings. The van der Waals surface area contributed by atoms with E-state index in [9.17, 15) is 9.59 Å². The van der Waals surface area contributed by atoms with E-state index in [1.807, 2.05) is 44.2 Å². The van der Waals surface area contributed by atoms with Crippen molar-refractivity contribution in [2.45, 2.75) is 32.9 Å². The number of rotatable bonds is 7. The van der Waals surface area contributed by atoms with Crippen molar-refractivity contribution in [3.05, 3.63) is 51.5 Å². The number of ether oxygens (including phenoxy) is 1. The topological polar surface area (TPSA) is 62.7 Å². The van der Waals surface area contributed by atoms with Crippen molar-refractivity contribution in [2.75, 3.05) is 26.8 Å². The van der Waals surface area contributed by atoms with Gasteiger partial charge < -0.3 is 14.5 Å². The lowest BCUT2D eigenvalue weighted by Gasteiger charge is -2.40. The maximum absolute atomic E-state index is 13.1. The van der Waals surface area contributed by atoms with Crippen LogP contribution in [-0.2, 0) is 27.3 Å². The van der Waals surface area contributed by atoms with Crippen LogP contribution in [0.1, 0.15) is 21.1 Å². The second-order valence-corrected chi connectivity index (χ2v) is 8.02. The van der Waals surface area contributed by atoms with E-state index < -0.39 is 6.04 Å². The summed E-state index contributed by atoms with van der Waals surface area (Å²) in [6.07, 6.45) is 0.498. The van der Waals surface area contributed by atoms with Crippen LogP contribution in [0.25, 0.3) is 0 Å². The van der Waals surface area contributed by atoms with Gasteiger partial charge in [-0.2, -0.15) is 0 Å². The fourth-order valence-corrected chi connectivity index (χ4v) is 4.16. The average Bonchev–Trinajstić information content (AvgIpc) is 2.98. The Kier molecular flexibility index (Phi) is 6.23. The standard InChI is InChI=1S/C20H25N3O3S/c1-14-15(2)27-18(21-14)12-23-17(11-16-7-5-4-6-8-16)20(25)22(9-10-26-3)13-19(23)24/h4-8,17H,9-13H2,1-3H3/t17-/m1/s1. The van der Waals surface area contributed by atoms with E-state index >= 15 is 0 Å². The molecule has 0 saturated carbocycles. The zero-order valence-electron chi connectivity index (χ0n) is 16.0. The van der Waals surface area contributed by atoms with Crippen LogP contribution in [0.15, 0.2) is 30.3 Å². The van der Waals surface area contributed by atoms with Crippen LogP contribution in [0, 0.1) is 13.8 Å². The Morgan fingerprint density at radius 3 is 2.59 bits per heavy atom. The third-order valence-electron chi connectivity index (χ3n) is 4.84. The molecule has 0 aliphatic carbocycles. The highest BCUT2D eigenvalue weighted by atomic mass is 32.1. The fourth-order valence-electron chi connectivity index (χ4n) is 3.23. The molecular weight excluding hydrogens is 362 g/mol. The molecule has 1 atom stereocenters. The number of amides is 2. The highest BCUT2D eigenvalue weighted by Gasteiger charge is 2.39. The van der Waals surface area contributed by atoms with Crippen molar-refractivity contribution in [2.24, 2.45) is 0 Å². The van der Waals surface area contributed by atoms with E-state index in [2.05, 4.69) is 4.98 Å². The van der Waals surface area contributed by atoms with Gasteiger partial charge in [0.15, 0.2) is 0 Å². The van der Waals surface area contributed by atoms with Crippen molar-refractivity contribution in [3.8, 4) is 0 Å². The molecule has 0 radical (unpaired) electrons. The van der Waals surface area contributed by atoms with E-state index in [0.717, 1.165) is 21.1 Å². The molecule has 7 heteroatoms. The van der Waals surface area contributed by atoms with E-state index in [0.29, 0.717) is 26.1 Å². The SMILES string of the molecule is COCCN1CC(=O)N(Cc2nc(C)c(C)s2)[C@H](Cc2ccccc2)C1=O. The molecule has 3 rings (SSSR count). The number of carbonyl (C=O) groups excluding carboxylic acids is 2. The quantitative estimate of drug-likeness (QED) is 0.731. The first-order chi connectivity index (χ1) is 13.0. The molecule has 144 valence electrons. The molecule has 0 N–H and O–H groups in total. The van der Waals surface area contributed by atoms with E-state index in [1.165, 1.54) is 0 Å². The zero-order valence-corrected chi connectivity index (χ0v) is 16.8. The molecule has 1 aliphatic heterocycles. The lowest BCUT2D eigenvalue weighted by molar-refractivity contribution is -0.157. The predicted molar refractivity (Wildman–Crippen MR) is 105 cm³/mol. The summed E-state index contributed by atoms with van der Waals surface area (Å²) in [5, 5.41) is 0.870. The molecular formula is C20H25N3O3S. The number of aromatic nitrogens is 1. The Bertz CT molecular complexity index is 787. The third-order valence-corrected chi connectivity index (χ3v) is 5.89. The Hall–Kier alpha value is -2.25. The van der Waals surface area contributed by atoms with Crippen LogP contribution in [-0.4, -0.2) is 59.4 Å². The van der Waals surface area contributed by atoms with Gasteiger partial charge in [-0.3, -0.25) is 9.59 Å². The van der Waals surface area contributed by atoms with Gasteiger partial charge in [-0.25, -0.2) is 4.98 Å². The van der Waals surface area contributed by atoms with Gasteiger partial charge in [0.1, 0.15) is 11.0 Å². The minimum Gasteiger partial charge on any atom is -0.383 e. The Morgan fingerprint density at radius 2 is 1.96 bits per heavy atom. The van der Waals surface area contributed by atoms with Gasteiger partial charge in [0.05, 0.1) is 25.4 Å². The van der Waals surface area contributed by atoms with Gasteiger partial charge in [0.25, 0.3) is 0 Å². The van der Waals surface area contributed by atoms with Gasteiger partial charge in [0.2, 0.25) is 11.8 Å². The zero-order chi connectivity index (χ0) is 19.4. The number of carbonyl (C=O) groups is 2. The minimum absolute atomic E-state index is 0.0273. The Balaban J connectivity index is 1.85. The highest BCUT2D eigenvalue weighted by Crippen LogP contribution is 2.23. The first-order valence-corrected chi connectivity index (χ1v) is 9.85. The summed E-state index contributed by atoms with van der Waals surface area (Å²) in [5.41, 5.74) is 2.01. The number of benzene rings is 1. The average molecular weight is 388 g/mol. The van der Waals surface area contributed by atoms with E-state index in [4.69, 9.17) is 4.74 Å². The molecule has 0 spiro atoms. The highest BCUT2D eigenvalue weighted by molar-refractivity contribution is 7.11. The second-order valence-electron chi connectivity index (χ2n) is 6.73. The van der Waals surface area contributed by atoms with Crippen molar-refractivity contribution in [1.29, 1.82) is 0 Å². The third kappa shape index (κ3) is 4.54. The summed E-state index contributed by atoms with van der Waals surface area (Å²) < 4.78 is 5.09. The van der Waals surface area contributed by atoms with Crippen molar-refractivity contribution >= 4 is 23.2 Å². The lowest BCUT2D eigenvalue weighted by Crippen LogP contribution is -2.60. The predicted octanol–water partition coefficient (Wildman–Crippen LogP) is 2.19. The first kappa shape index (κ1) is 19.5. The van der Waals surface area contributed by atoms with Gasteiger partial charge in [-0.05, 0) is 19.4 Å². The minimum atomic E-state index is -0.519. The number of piperazine rings is 1. The lowest BCUT2D eigenvalue weighted by atomic mass is 10.0. The van der Waals surface area contributed by atoms with Crippen LogP contribution in [0.3, 0.4) is 0 Å². The molecule has 27 heavy (non-hydrogen) atoms. The largest absolute Gasteiger partial charge is 0.383 e. The van der Waals surface area contributed by atoms with Crippen LogP contribution in [0.4, 0.5) is 0 Å². The van der Waals surface area contributed by atoms with E-state index in [-0.39, 0.29) is 18.4 Å². The Labute approximate surface area is 163 Å². The molecule has 2 amide bonds. The summed E-state index contributed by atoms with van der Waals surface area (Å²) in [5.74, 6) is -0.0716. The molecule has 1 fully saturated rings. The number of hydrogen-bond donors (Lipinski definition) is 0. The monoisotopic (exact) mass is 387 g/mol. The van der Waals surface area contributed by atoms with Crippen molar-refractivity contribution in [1.82, 2.24) is 14.8 Å². The smallest absolute Gasteiger partial charge is 0.246 e. The maximum Gasteiger partial charge on any atom is 0.246 e. The molecule has 1 aromatic carbocycles. The van der Waals surface area contributed by atoms with Crippen LogP contribution < -0.4 is 0 Å². The Morgan fingerprint density at radius 1 is 1.22 bits per heavy atom. The second kappa shape index (κ2) is 8.63. The summed E-state index contributed by atoms with van der Waals surface area (Å²) in [6.45, 7) is 5.30. The maximum atomic E-state index is 13.1. The van der Waals surface area contributed by atoms with E-state index in [1.54, 1.807) is 28.2 Å². The molecule has 0 bridgehead atoms. The number of methoxy groups -OCH3 is 1. The molecule has 6 nitrogen and oxygen atoms in total. The fraction of sp³-hybridized carbons (Fsp3) is 0.450. The van der Waals surface area contributed by atoms with Gasteiger partial charge in [0, 0.05) is 25.0 Å². The molecule has 0 unspecified atom stereocenters. The van der Waals surface area contributed by atoms with Gasteiger partial charge >= 0.3 is 0 Å². The molecule has 2 heterocycles. The molecule has 1 aromatic heterocycles. The number of thiazole rings is 1. The number of nitrogens with zero attached hydrogens (tertiary/aromatic N) is 3. The first-order valence-electron chi connectivity index (χ1n) is 9.03. The van der Waals surface area contributed by atoms with Crippen LogP contribution in [0.5, 0.6) is 0 Å². The van der Waals surface area contributed by atoms with Gasteiger partial charge in [-0.15, -0.1) is 11.3 Å². The summed E-state index contributed by atoms with van der Waals surface area (Å²) in [4.78, 5) is 35.0. The molecule has 1 saturated heterocycles.